The molecule has 0 amide bonds. The third-order valence-corrected chi connectivity index (χ3v) is 4.35. The van der Waals surface area contributed by atoms with E-state index in [2.05, 4.69) is 9.97 Å². The van der Waals surface area contributed by atoms with Crippen molar-refractivity contribution in [1.29, 1.82) is 0 Å². The van der Waals surface area contributed by atoms with Crippen molar-refractivity contribution in [3.63, 3.8) is 0 Å². The normalized spacial score (nSPS) is 11.3. The molecule has 3 aromatic rings. The lowest BCUT2D eigenvalue weighted by Gasteiger charge is -2.08. The average molecular weight is 375 g/mol. The molecule has 0 aliphatic heterocycles. The summed E-state index contributed by atoms with van der Waals surface area (Å²) in [6.07, 6.45) is 0. The summed E-state index contributed by atoms with van der Waals surface area (Å²) in [7, 11) is 2.92. The van der Waals surface area contributed by atoms with Crippen molar-refractivity contribution in [2.45, 2.75) is 6.54 Å². The van der Waals surface area contributed by atoms with Crippen LogP contribution in [0, 0.1) is 0 Å². The molecule has 3 rings (SSSR count). The van der Waals surface area contributed by atoms with E-state index in [1.807, 2.05) is 0 Å². The van der Waals surface area contributed by atoms with E-state index in [0.717, 1.165) is 4.57 Å². The van der Waals surface area contributed by atoms with Gasteiger partial charge in [0.05, 0.1) is 6.54 Å². The van der Waals surface area contributed by atoms with Gasteiger partial charge in [0.1, 0.15) is 10.3 Å². The van der Waals surface area contributed by atoms with Crippen LogP contribution < -0.4 is 11.2 Å². The van der Waals surface area contributed by atoms with Gasteiger partial charge in [-0.2, -0.15) is 4.98 Å². The number of hydrogen-bond donors (Lipinski definition) is 0. The molecule has 0 bridgehead atoms. The largest absolute Gasteiger partial charge is 0.332 e. The zero-order valence-corrected chi connectivity index (χ0v) is 14.3. The maximum absolute atomic E-state index is 12.4. The fourth-order valence-electron chi connectivity index (χ4n) is 2.29. The molecule has 0 radical (unpaired) electrons. The molecule has 3 aromatic heterocycles. The van der Waals surface area contributed by atoms with Gasteiger partial charge in [-0.25, -0.2) is 9.78 Å². The zero-order chi connectivity index (χ0) is 16.9. The topological polar surface area (TPSA) is 74.7 Å². The van der Waals surface area contributed by atoms with Gasteiger partial charge in [-0.3, -0.25) is 13.9 Å². The molecule has 0 saturated carbocycles. The Morgan fingerprint density at radius 1 is 1.04 bits per heavy atom. The lowest BCUT2D eigenvalue weighted by atomic mass is 10.3. The Morgan fingerprint density at radius 3 is 2.39 bits per heavy atom. The second kappa shape index (κ2) is 5.67. The molecule has 0 aliphatic carbocycles. The van der Waals surface area contributed by atoms with E-state index in [1.165, 1.54) is 23.2 Å². The standard InChI is InChI=1S/C13H10Cl3N5O2/c1-19-10-8(11(22)20(2)13(19)23)21(12(16)18-10)5-6-3-4-7(14)17-9(6)15/h3-4H,5H2,1-2H3. The minimum Gasteiger partial charge on any atom is -0.304 e. The quantitative estimate of drug-likeness (QED) is 0.507. The minimum absolute atomic E-state index is 0.0734. The Hall–Kier alpha value is -1.83. The highest BCUT2D eigenvalue weighted by atomic mass is 35.5. The fraction of sp³-hybridized carbons (Fsp3) is 0.231. The second-order valence-corrected chi connectivity index (χ2v) is 6.01. The van der Waals surface area contributed by atoms with Gasteiger partial charge in [-0.1, -0.05) is 29.3 Å². The Labute approximate surface area is 144 Å². The molecule has 3 heterocycles. The van der Waals surface area contributed by atoms with Crippen LogP contribution in [0.25, 0.3) is 11.2 Å². The van der Waals surface area contributed by atoms with Crippen molar-refractivity contribution in [3.8, 4) is 0 Å². The third kappa shape index (κ3) is 2.54. The number of nitrogens with zero attached hydrogens (tertiary/aromatic N) is 5. The van der Waals surface area contributed by atoms with Crippen molar-refractivity contribution in [2.24, 2.45) is 14.1 Å². The van der Waals surface area contributed by atoms with Crippen LogP contribution in [-0.4, -0.2) is 23.7 Å². The van der Waals surface area contributed by atoms with Crippen LogP contribution in [0.2, 0.25) is 15.6 Å². The predicted octanol–water partition coefficient (Wildman–Crippen LogP) is 1.84. The van der Waals surface area contributed by atoms with Crippen LogP contribution in [0.15, 0.2) is 21.7 Å². The van der Waals surface area contributed by atoms with Crippen LogP contribution >= 0.6 is 34.8 Å². The van der Waals surface area contributed by atoms with E-state index in [9.17, 15) is 9.59 Å². The summed E-state index contributed by atoms with van der Waals surface area (Å²) in [6.45, 7) is 0.172. The van der Waals surface area contributed by atoms with E-state index < -0.39 is 11.2 Å². The van der Waals surface area contributed by atoms with Crippen LogP contribution in [0.4, 0.5) is 0 Å². The number of rotatable bonds is 2. The number of hydrogen-bond acceptors (Lipinski definition) is 4. The summed E-state index contributed by atoms with van der Waals surface area (Å²) in [6, 6.07) is 3.27. The zero-order valence-electron chi connectivity index (χ0n) is 12.0. The first kappa shape index (κ1) is 16.0. The molecule has 0 aromatic carbocycles. The van der Waals surface area contributed by atoms with Gasteiger partial charge in [0.2, 0.25) is 5.28 Å². The van der Waals surface area contributed by atoms with E-state index >= 15 is 0 Å². The average Bonchev–Trinajstić information content (AvgIpc) is 2.83. The molecule has 120 valence electrons. The summed E-state index contributed by atoms with van der Waals surface area (Å²) in [5, 5.41) is 0.542. The van der Waals surface area contributed by atoms with Crippen molar-refractivity contribution in [2.75, 3.05) is 0 Å². The van der Waals surface area contributed by atoms with Gasteiger partial charge in [-0.05, 0) is 17.7 Å². The molecular formula is C13H10Cl3N5O2. The van der Waals surface area contributed by atoms with E-state index in [4.69, 9.17) is 34.8 Å². The van der Waals surface area contributed by atoms with Gasteiger partial charge in [0.25, 0.3) is 5.56 Å². The van der Waals surface area contributed by atoms with Crippen LogP contribution in [0.3, 0.4) is 0 Å². The summed E-state index contributed by atoms with van der Waals surface area (Å²) in [5.41, 5.74) is 0.0792. The van der Waals surface area contributed by atoms with Crippen molar-refractivity contribution in [3.05, 3.63) is 54.1 Å². The number of aromatic nitrogens is 5. The first-order chi connectivity index (χ1) is 10.8. The highest BCUT2D eigenvalue weighted by Gasteiger charge is 2.19. The van der Waals surface area contributed by atoms with Crippen LogP contribution in [0.1, 0.15) is 5.56 Å². The summed E-state index contributed by atoms with van der Waals surface area (Å²) in [5.74, 6) is 0. The Balaban J connectivity index is 2.28. The first-order valence-corrected chi connectivity index (χ1v) is 7.57. The summed E-state index contributed by atoms with van der Waals surface area (Å²) in [4.78, 5) is 32.4. The molecule has 0 N–H and O–H groups in total. The predicted molar refractivity (Wildman–Crippen MR) is 88.6 cm³/mol. The Bertz CT molecular complexity index is 1050. The smallest absolute Gasteiger partial charge is 0.304 e. The lowest BCUT2D eigenvalue weighted by Crippen LogP contribution is -2.37. The fourth-order valence-corrected chi connectivity index (χ4v) is 2.92. The Kier molecular flexibility index (Phi) is 3.95. The number of halogens is 3. The molecule has 0 spiro atoms. The van der Waals surface area contributed by atoms with E-state index in [-0.39, 0.29) is 33.3 Å². The first-order valence-electron chi connectivity index (χ1n) is 6.44. The molecule has 23 heavy (non-hydrogen) atoms. The minimum atomic E-state index is -0.486. The third-order valence-electron chi connectivity index (χ3n) is 3.52. The highest BCUT2D eigenvalue weighted by Crippen LogP contribution is 2.22. The number of pyridine rings is 1. The van der Waals surface area contributed by atoms with Gasteiger partial charge in [-0.15, -0.1) is 0 Å². The SMILES string of the molecule is Cn1c(=O)c2c(nc(Cl)n2Cc2ccc(Cl)nc2Cl)n(C)c1=O. The molecule has 0 aliphatic rings. The molecule has 0 unspecified atom stereocenters. The van der Waals surface area contributed by atoms with Crippen molar-refractivity contribution < 1.29 is 0 Å². The maximum Gasteiger partial charge on any atom is 0.332 e. The molecule has 7 nitrogen and oxygen atoms in total. The molecule has 0 fully saturated rings. The maximum atomic E-state index is 12.4. The highest BCUT2D eigenvalue weighted by molar-refractivity contribution is 6.33. The number of imidazole rings is 1. The molecule has 0 saturated heterocycles. The molecule has 0 atom stereocenters. The van der Waals surface area contributed by atoms with E-state index in [0.29, 0.717) is 5.56 Å². The van der Waals surface area contributed by atoms with Gasteiger partial charge in [0, 0.05) is 19.7 Å². The van der Waals surface area contributed by atoms with Gasteiger partial charge < -0.3 is 4.57 Å². The molecule has 10 heteroatoms. The van der Waals surface area contributed by atoms with Gasteiger partial charge >= 0.3 is 5.69 Å². The number of aryl methyl sites for hydroxylation is 1. The van der Waals surface area contributed by atoms with Crippen LogP contribution in [-0.2, 0) is 20.6 Å². The number of fused-ring (bicyclic) bond motifs is 1. The second-order valence-electron chi connectivity index (χ2n) is 4.93. The van der Waals surface area contributed by atoms with Crippen molar-refractivity contribution >= 4 is 46.0 Å². The lowest BCUT2D eigenvalue weighted by molar-refractivity contribution is 0.702. The van der Waals surface area contributed by atoms with Crippen LogP contribution in [0.5, 0.6) is 0 Å². The summed E-state index contributed by atoms with van der Waals surface area (Å²) >= 11 is 18.0. The molecular weight excluding hydrogens is 365 g/mol. The van der Waals surface area contributed by atoms with E-state index in [1.54, 1.807) is 12.1 Å². The van der Waals surface area contributed by atoms with Gasteiger partial charge in [0.15, 0.2) is 11.2 Å². The monoisotopic (exact) mass is 373 g/mol. The van der Waals surface area contributed by atoms with Crippen molar-refractivity contribution in [1.82, 2.24) is 23.7 Å². The Morgan fingerprint density at radius 2 is 1.74 bits per heavy atom. The summed E-state index contributed by atoms with van der Waals surface area (Å²) < 4.78 is 3.74.